The highest BCUT2D eigenvalue weighted by Gasteiger charge is 2.49. The third-order valence-corrected chi connectivity index (χ3v) is 43.1. The quantitative estimate of drug-likeness (QED) is 0.171. The summed E-state index contributed by atoms with van der Waals surface area (Å²) in [5.74, 6) is 0. The van der Waals surface area contributed by atoms with E-state index in [4.69, 9.17) is 28.8 Å². The van der Waals surface area contributed by atoms with Crippen LogP contribution in [-0.4, -0.2) is 76.6 Å². The largest absolute Gasteiger partial charge is 0.444 e. The first-order valence-electron chi connectivity index (χ1n) is 12.8. The van der Waals surface area contributed by atoms with E-state index in [1.807, 2.05) is 37.6 Å². The lowest BCUT2D eigenvalue weighted by Gasteiger charge is -2.43. The summed E-state index contributed by atoms with van der Waals surface area (Å²) in [5.41, 5.74) is 3.65. The van der Waals surface area contributed by atoms with E-state index in [1.165, 1.54) is 0 Å². The van der Waals surface area contributed by atoms with Crippen LogP contribution in [0.4, 0.5) is 0 Å². The van der Waals surface area contributed by atoms with Gasteiger partial charge in [0.15, 0.2) is 8.32 Å². The molecule has 0 aliphatic rings. The molecule has 0 aromatic rings. The van der Waals surface area contributed by atoms with E-state index >= 15 is 0 Å². The van der Waals surface area contributed by atoms with Gasteiger partial charge >= 0.3 is 42.8 Å². The maximum Gasteiger partial charge on any atom is 0.343 e. The highest BCUT2D eigenvalue weighted by Crippen LogP contribution is 2.28. The zero-order chi connectivity index (χ0) is 29.0. The molecule has 214 valence electrons. The first-order chi connectivity index (χ1) is 15.7. The third kappa shape index (κ3) is 15.1. The third-order valence-electron chi connectivity index (χ3n) is 5.15. The second-order valence-corrected chi connectivity index (χ2v) is 51.5. The van der Waals surface area contributed by atoms with Gasteiger partial charge in [-0.2, -0.15) is 0 Å². The highest BCUT2D eigenvalue weighted by molar-refractivity contribution is 7.29. The molecule has 0 heterocycles. The van der Waals surface area contributed by atoms with Gasteiger partial charge in [0.2, 0.25) is 0 Å². The van der Waals surface area contributed by atoms with E-state index in [1.54, 1.807) is 0 Å². The SMILES string of the molecule is C=C[Si](C)(O[SiH](C)O[SiH](C)[Si](C)(C)C)O[Si](C)(C=C)O[Si](C)(C)O[Si](C)(C)O[Si](C)(C)O[Si](C)(C)C. The van der Waals surface area contributed by atoms with Crippen molar-refractivity contribution in [2.75, 3.05) is 0 Å². The molecule has 0 saturated heterocycles. The van der Waals surface area contributed by atoms with Crippen LogP contribution < -0.4 is 0 Å². The van der Waals surface area contributed by atoms with Gasteiger partial charge in [-0.05, 0) is 78.6 Å². The van der Waals surface area contributed by atoms with E-state index < -0.39 is 76.6 Å². The van der Waals surface area contributed by atoms with Crippen molar-refractivity contribution in [2.24, 2.45) is 0 Å². The highest BCUT2D eigenvalue weighted by atomic mass is 29.2. The van der Waals surface area contributed by atoms with E-state index in [2.05, 4.69) is 91.7 Å². The summed E-state index contributed by atoms with van der Waals surface area (Å²) in [6.45, 7) is 42.6. The average molecular weight is 661 g/mol. The van der Waals surface area contributed by atoms with Crippen LogP contribution in [0.25, 0.3) is 0 Å². The Morgan fingerprint density at radius 1 is 0.528 bits per heavy atom. The second kappa shape index (κ2) is 13.2. The summed E-state index contributed by atoms with van der Waals surface area (Å²) in [6, 6.07) is 0. The van der Waals surface area contributed by atoms with Crippen molar-refractivity contribution in [3.05, 3.63) is 24.6 Å². The molecule has 4 atom stereocenters. The molecule has 0 saturated carbocycles. The zero-order valence-electron chi connectivity index (χ0n) is 26.1. The first kappa shape index (κ1) is 37.2. The van der Waals surface area contributed by atoms with Gasteiger partial charge in [-0.25, -0.2) is 0 Å². The second-order valence-electron chi connectivity index (χ2n) is 13.1. The van der Waals surface area contributed by atoms with Crippen molar-refractivity contribution in [3.63, 3.8) is 0 Å². The molecule has 4 unspecified atom stereocenters. The van der Waals surface area contributed by atoms with Crippen LogP contribution in [0.3, 0.4) is 0 Å². The average Bonchev–Trinajstić information content (AvgIpc) is 2.55. The smallest absolute Gasteiger partial charge is 0.343 e. The molecule has 36 heavy (non-hydrogen) atoms. The van der Waals surface area contributed by atoms with E-state index in [-0.39, 0.29) is 0 Å². The van der Waals surface area contributed by atoms with Crippen LogP contribution in [0, 0.1) is 0 Å². The minimum Gasteiger partial charge on any atom is -0.444 e. The Labute approximate surface area is 233 Å². The summed E-state index contributed by atoms with van der Waals surface area (Å²) in [7, 11) is -19.3. The molecule has 0 radical (unpaired) electrons. The molecule has 0 aromatic carbocycles. The molecule has 0 spiro atoms. The van der Waals surface area contributed by atoms with Gasteiger partial charge in [-0.15, -0.1) is 13.2 Å². The summed E-state index contributed by atoms with van der Waals surface area (Å²) in [5, 5.41) is 0. The topological polar surface area (TPSA) is 64.6 Å². The lowest BCUT2D eigenvalue weighted by molar-refractivity contribution is 0.273. The molecule has 0 amide bonds. The Morgan fingerprint density at radius 2 is 0.917 bits per heavy atom. The first-order valence-corrected chi connectivity index (χ1v) is 38.5. The molecule has 0 N–H and O–H groups in total. The van der Waals surface area contributed by atoms with Crippen molar-refractivity contribution < 1.29 is 28.8 Å². The molecule has 0 rings (SSSR count). The fraction of sp³-hybridized carbons (Fsp3) is 0.800. The van der Waals surface area contributed by atoms with E-state index in [0.29, 0.717) is 0 Å². The molecule has 0 aliphatic heterocycles. The Morgan fingerprint density at radius 3 is 1.28 bits per heavy atom. The van der Waals surface area contributed by atoms with Gasteiger partial charge in [-0.1, -0.05) is 37.6 Å². The lowest BCUT2D eigenvalue weighted by Crippen LogP contribution is -2.61. The van der Waals surface area contributed by atoms with Crippen molar-refractivity contribution in [1.29, 1.82) is 0 Å². The maximum atomic E-state index is 6.69. The Kier molecular flexibility index (Phi) is 13.6. The van der Waals surface area contributed by atoms with Crippen LogP contribution in [-0.2, 0) is 28.8 Å². The van der Waals surface area contributed by atoms with Crippen molar-refractivity contribution in [2.45, 2.75) is 105 Å². The number of hydrogen-bond acceptors (Lipinski definition) is 7. The van der Waals surface area contributed by atoms with Crippen LogP contribution in [0.5, 0.6) is 0 Å². The molecule has 0 bridgehead atoms. The van der Waals surface area contributed by atoms with Crippen LogP contribution in [0.2, 0.25) is 105 Å². The summed E-state index contributed by atoms with van der Waals surface area (Å²) in [6.07, 6.45) is 0. The normalized spacial score (nSPS) is 19.2. The summed E-state index contributed by atoms with van der Waals surface area (Å²) < 4.78 is 45.9. The Bertz CT molecular complexity index is 740. The molecular weight excluding hydrogens is 605 g/mol. The van der Waals surface area contributed by atoms with Gasteiger partial charge < -0.3 is 28.8 Å². The van der Waals surface area contributed by atoms with Crippen molar-refractivity contribution in [3.8, 4) is 0 Å². The van der Waals surface area contributed by atoms with E-state index in [0.717, 1.165) is 0 Å². The monoisotopic (exact) mass is 660 g/mol. The minimum absolute atomic E-state index is 1.26. The van der Waals surface area contributed by atoms with Gasteiger partial charge in [-0.3, -0.25) is 0 Å². The molecule has 0 aliphatic carbocycles. The van der Waals surface area contributed by atoms with Crippen LogP contribution >= 0.6 is 0 Å². The van der Waals surface area contributed by atoms with E-state index in [9.17, 15) is 0 Å². The van der Waals surface area contributed by atoms with Crippen LogP contribution in [0.15, 0.2) is 24.6 Å². The number of rotatable bonds is 17. The van der Waals surface area contributed by atoms with Gasteiger partial charge in [0.25, 0.3) is 9.28 Å². The predicted octanol–water partition coefficient (Wildman–Crippen LogP) is 6.26. The lowest BCUT2D eigenvalue weighted by atomic mass is 11.3. The molecule has 7 nitrogen and oxygen atoms in total. The van der Waals surface area contributed by atoms with Crippen LogP contribution in [0.1, 0.15) is 0 Å². The summed E-state index contributed by atoms with van der Waals surface area (Å²) >= 11 is 0. The van der Waals surface area contributed by atoms with Crippen molar-refractivity contribution in [1.82, 2.24) is 0 Å². The molecule has 16 heteroatoms. The fourth-order valence-electron chi connectivity index (χ4n) is 3.94. The van der Waals surface area contributed by atoms with Gasteiger partial charge in [0.1, 0.15) is 8.56 Å². The molecule has 0 aromatic heterocycles. The zero-order valence-corrected chi connectivity index (χ0v) is 35.4. The van der Waals surface area contributed by atoms with Crippen molar-refractivity contribution >= 4 is 76.6 Å². The Balaban J connectivity index is 5.51. The Hall–Kier alpha value is 1.15. The summed E-state index contributed by atoms with van der Waals surface area (Å²) in [4.78, 5) is 0. The molecular formula is C20H56O7Si9. The maximum absolute atomic E-state index is 6.69. The molecule has 0 fully saturated rings. The van der Waals surface area contributed by atoms with Gasteiger partial charge in [0, 0.05) is 0 Å². The van der Waals surface area contributed by atoms with Gasteiger partial charge in [0.05, 0.1) is 7.59 Å². The number of hydrogen-bond donors (Lipinski definition) is 0. The fourth-order valence-corrected chi connectivity index (χ4v) is 43.3. The minimum atomic E-state index is -2.85. The predicted molar refractivity (Wildman–Crippen MR) is 176 cm³/mol. The standard InChI is InChI=1S/C20H56O7Si9/c1-19-35(17,22-28(3)21-29(4)31(8,9)10)27-36(18,20-2)26-34(15,16)25-33(13,14)24-32(11,12)23-30(5,6)7/h19-20,28-29H,1-2H2,3-18H3.